The fraction of sp³-hybridized carbons (Fsp3) is 0.737. The molecule has 0 radical (unpaired) electrons. The molecule has 1 aromatic rings. The van der Waals surface area contributed by atoms with E-state index in [2.05, 4.69) is 36.6 Å². The van der Waals surface area contributed by atoms with E-state index in [0.29, 0.717) is 19.5 Å². The van der Waals surface area contributed by atoms with Crippen LogP contribution in [-0.2, 0) is 30.3 Å². The van der Waals surface area contributed by atoms with Gasteiger partial charge in [0.2, 0.25) is 23.6 Å². The van der Waals surface area contributed by atoms with Crippen molar-refractivity contribution in [1.82, 2.24) is 25.3 Å². The van der Waals surface area contributed by atoms with E-state index < -0.39 is 12.1 Å². The number of carbonyl (C=O) groups is 4. The lowest BCUT2D eigenvalue weighted by molar-refractivity contribution is -0.146. The monoisotopic (exact) mass is 703 g/mol. The number of hydrogen-bond acceptors (Lipinski definition) is 7. The summed E-state index contributed by atoms with van der Waals surface area (Å²) in [5.74, 6) is -0.422. The number of nitrogens with one attached hydrogen (secondary N) is 2. The smallest absolute Gasteiger partial charge is 0.245 e. The summed E-state index contributed by atoms with van der Waals surface area (Å²) in [6.45, 7) is 13.2. The third-order valence-corrected chi connectivity index (χ3v) is 11.2. The first-order valence-electron chi connectivity index (χ1n) is 18.1. The largest absolute Gasteiger partial charge is 0.379 e. The molecule has 1 aliphatic heterocycles. The highest BCUT2D eigenvalue weighted by molar-refractivity contribution is 7.99. The summed E-state index contributed by atoms with van der Waals surface area (Å²) >= 11 is 1.63. The summed E-state index contributed by atoms with van der Waals surface area (Å²) in [5, 5.41) is 6.10. The Kier molecular flexibility index (Phi) is 18.1. The summed E-state index contributed by atoms with van der Waals surface area (Å²) in [6, 6.07) is 8.57. The molecule has 7 unspecified atom stereocenters. The number of carbonyl (C=O) groups excluding carboxylic acids is 4. The summed E-state index contributed by atoms with van der Waals surface area (Å²) in [7, 11) is 7.11. The van der Waals surface area contributed by atoms with Gasteiger partial charge < -0.3 is 25.2 Å². The van der Waals surface area contributed by atoms with Crippen molar-refractivity contribution in [2.75, 3.05) is 47.6 Å². The van der Waals surface area contributed by atoms with Crippen LogP contribution in [0.1, 0.15) is 79.2 Å². The average Bonchev–Trinajstić information content (AvgIpc) is 3.55. The molecule has 1 heterocycles. The Labute approximate surface area is 300 Å². The summed E-state index contributed by atoms with van der Waals surface area (Å²) < 4.78 is 6.02. The molecule has 0 bridgehead atoms. The molecular weight excluding hydrogens is 639 g/mol. The predicted molar refractivity (Wildman–Crippen MR) is 200 cm³/mol. The van der Waals surface area contributed by atoms with Gasteiger partial charge >= 0.3 is 0 Å². The fourth-order valence-corrected chi connectivity index (χ4v) is 8.15. The van der Waals surface area contributed by atoms with Crippen molar-refractivity contribution in [3.8, 4) is 0 Å². The molecule has 4 amide bonds. The second kappa shape index (κ2) is 20.9. The van der Waals surface area contributed by atoms with Crippen LogP contribution in [0, 0.1) is 17.8 Å². The van der Waals surface area contributed by atoms with Crippen molar-refractivity contribution >= 4 is 35.4 Å². The van der Waals surface area contributed by atoms with Crippen LogP contribution in [0.2, 0.25) is 0 Å². The van der Waals surface area contributed by atoms with Crippen LogP contribution in [0.4, 0.5) is 0 Å². The summed E-state index contributed by atoms with van der Waals surface area (Å²) in [6.07, 6.45) is 5.22. The van der Waals surface area contributed by atoms with Gasteiger partial charge in [0.15, 0.2) is 0 Å². The molecule has 2 rings (SSSR count). The highest BCUT2D eigenvalue weighted by atomic mass is 32.2. The molecule has 49 heavy (non-hydrogen) atoms. The second-order valence-electron chi connectivity index (χ2n) is 14.5. The zero-order valence-corrected chi connectivity index (χ0v) is 32.8. The topological polar surface area (TPSA) is 111 Å². The standard InChI is InChI=1S/C38H65N5O5S/c1-12-27(6)36(42(9)38(47)34(25(2)3)40-37(46)35(26(4)5)41(7)8)30(48-10)23-33(45)43-22-16-19-29(43)31(49-11)24-32(44)39-21-20-28-17-14-13-15-18-28/h13-15,17-18,25-27,29-31,34-36H,12,16,19-24H2,1-11H3,(H,39,44)(H,40,46). The van der Waals surface area contributed by atoms with Gasteiger partial charge in [0.25, 0.3) is 0 Å². The highest BCUT2D eigenvalue weighted by Gasteiger charge is 2.41. The van der Waals surface area contributed by atoms with Crippen molar-refractivity contribution in [1.29, 1.82) is 0 Å². The van der Waals surface area contributed by atoms with Gasteiger partial charge in [-0.2, -0.15) is 11.8 Å². The molecular formula is C38H65N5O5S. The molecule has 0 saturated carbocycles. The van der Waals surface area contributed by atoms with E-state index >= 15 is 0 Å². The van der Waals surface area contributed by atoms with Gasteiger partial charge in [-0.25, -0.2) is 0 Å². The minimum absolute atomic E-state index is 0.00147. The molecule has 1 saturated heterocycles. The van der Waals surface area contributed by atoms with E-state index in [9.17, 15) is 19.2 Å². The first-order chi connectivity index (χ1) is 23.2. The number of ether oxygens (including phenoxy) is 1. The quantitative estimate of drug-likeness (QED) is 0.206. The Morgan fingerprint density at radius 1 is 1.00 bits per heavy atom. The molecule has 10 nitrogen and oxygen atoms in total. The van der Waals surface area contributed by atoms with Gasteiger partial charge in [-0.15, -0.1) is 0 Å². The highest BCUT2D eigenvalue weighted by Crippen LogP contribution is 2.31. The van der Waals surface area contributed by atoms with E-state index in [4.69, 9.17) is 4.74 Å². The van der Waals surface area contributed by atoms with Crippen LogP contribution in [0.25, 0.3) is 0 Å². The molecule has 7 atom stereocenters. The lowest BCUT2D eigenvalue weighted by Crippen LogP contribution is -2.59. The van der Waals surface area contributed by atoms with Crippen molar-refractivity contribution in [2.24, 2.45) is 17.8 Å². The van der Waals surface area contributed by atoms with Crippen LogP contribution in [0.3, 0.4) is 0 Å². The zero-order chi connectivity index (χ0) is 36.8. The predicted octanol–water partition coefficient (Wildman–Crippen LogP) is 4.46. The van der Waals surface area contributed by atoms with E-state index in [-0.39, 0.29) is 71.2 Å². The minimum Gasteiger partial charge on any atom is -0.379 e. The molecule has 0 aliphatic carbocycles. The number of amides is 4. The van der Waals surface area contributed by atoms with E-state index in [1.807, 2.05) is 76.0 Å². The molecule has 11 heteroatoms. The molecule has 278 valence electrons. The van der Waals surface area contributed by atoms with Crippen LogP contribution in [0.15, 0.2) is 30.3 Å². The first-order valence-corrected chi connectivity index (χ1v) is 19.4. The molecule has 2 N–H and O–H groups in total. The van der Waals surface area contributed by atoms with Gasteiger partial charge in [0.05, 0.1) is 24.6 Å². The summed E-state index contributed by atoms with van der Waals surface area (Å²) in [5.41, 5.74) is 1.18. The van der Waals surface area contributed by atoms with Crippen LogP contribution in [-0.4, -0.2) is 121 Å². The van der Waals surface area contributed by atoms with E-state index in [0.717, 1.165) is 25.7 Å². The number of methoxy groups -OCH3 is 1. The van der Waals surface area contributed by atoms with Gasteiger partial charge in [0, 0.05) is 45.0 Å². The Balaban J connectivity index is 2.17. The van der Waals surface area contributed by atoms with Gasteiger partial charge in [-0.3, -0.25) is 24.1 Å². The van der Waals surface area contributed by atoms with Gasteiger partial charge in [-0.1, -0.05) is 78.3 Å². The van der Waals surface area contributed by atoms with Gasteiger partial charge in [0.1, 0.15) is 6.04 Å². The molecule has 1 aliphatic rings. The van der Waals surface area contributed by atoms with Crippen molar-refractivity contribution in [3.63, 3.8) is 0 Å². The van der Waals surface area contributed by atoms with Gasteiger partial charge in [-0.05, 0) is 62.9 Å². The maximum atomic E-state index is 14.2. The number of likely N-dealkylation sites (tertiary alicyclic amines) is 1. The van der Waals surface area contributed by atoms with E-state index in [1.54, 1.807) is 30.8 Å². The number of benzene rings is 1. The third kappa shape index (κ3) is 12.3. The number of hydrogen-bond donors (Lipinski definition) is 2. The molecule has 0 aromatic heterocycles. The summed E-state index contributed by atoms with van der Waals surface area (Å²) in [4.78, 5) is 60.0. The maximum Gasteiger partial charge on any atom is 0.245 e. The normalized spacial score (nSPS) is 18.6. The fourth-order valence-electron chi connectivity index (χ4n) is 7.23. The van der Waals surface area contributed by atoms with Crippen LogP contribution in [0.5, 0.6) is 0 Å². The lowest BCUT2D eigenvalue weighted by atomic mass is 9.89. The second-order valence-corrected chi connectivity index (χ2v) is 15.6. The molecule has 1 fully saturated rings. The molecule has 0 spiro atoms. The lowest BCUT2D eigenvalue weighted by Gasteiger charge is -2.41. The van der Waals surface area contributed by atoms with Crippen molar-refractivity contribution in [2.45, 2.75) is 116 Å². The number of likely N-dealkylation sites (N-methyl/N-ethyl adjacent to an activating group) is 2. The number of nitrogens with zero attached hydrogens (tertiary/aromatic N) is 3. The van der Waals surface area contributed by atoms with Crippen molar-refractivity contribution < 1.29 is 23.9 Å². The van der Waals surface area contributed by atoms with Crippen LogP contribution >= 0.6 is 11.8 Å². The number of rotatable bonds is 20. The van der Waals surface area contributed by atoms with Crippen molar-refractivity contribution in [3.05, 3.63) is 35.9 Å². The SMILES string of the molecule is CCC(C)C(C(CC(=O)N1CCCC1C(CC(=O)NCCc1ccccc1)SC)OC)N(C)C(=O)C(NC(=O)C(C(C)C)N(C)C)C(C)C. The Bertz CT molecular complexity index is 1170. The maximum absolute atomic E-state index is 14.2. The molecule has 1 aromatic carbocycles. The average molecular weight is 704 g/mol. The number of thioether (sulfide) groups is 1. The van der Waals surface area contributed by atoms with Crippen LogP contribution < -0.4 is 10.6 Å². The minimum atomic E-state index is -0.720. The Morgan fingerprint density at radius 2 is 1.65 bits per heavy atom. The Hall–Kier alpha value is -2.63. The van der Waals surface area contributed by atoms with E-state index in [1.165, 1.54) is 5.56 Å². The third-order valence-electron chi connectivity index (χ3n) is 10.1. The first kappa shape index (κ1) is 42.5. The zero-order valence-electron chi connectivity index (χ0n) is 32.0. The Morgan fingerprint density at radius 3 is 2.18 bits per heavy atom.